The summed E-state index contributed by atoms with van der Waals surface area (Å²) in [7, 11) is 0. The van der Waals surface area contributed by atoms with E-state index < -0.39 is 29.0 Å². The molecule has 0 atom stereocenters. The molecule has 0 fully saturated rings. The van der Waals surface area contributed by atoms with Crippen molar-refractivity contribution in [2.75, 3.05) is 5.32 Å². The molecule has 2 nitrogen and oxygen atoms in total. The number of aryl methyl sites for hydroxylation is 1. The Labute approximate surface area is 121 Å². The maximum absolute atomic E-state index is 13.5. The van der Waals surface area contributed by atoms with E-state index in [0.717, 1.165) is 17.7 Å². The molecule has 0 saturated carbocycles. The maximum atomic E-state index is 13.5. The van der Waals surface area contributed by atoms with Gasteiger partial charge in [0.2, 0.25) is 0 Å². The second-order valence-corrected chi connectivity index (χ2v) is 4.91. The summed E-state index contributed by atoms with van der Waals surface area (Å²) in [5.41, 5.74) is 0.680. The summed E-state index contributed by atoms with van der Waals surface area (Å²) >= 11 is 3.25. The van der Waals surface area contributed by atoms with Crippen LogP contribution in [-0.2, 0) is 0 Å². The van der Waals surface area contributed by atoms with Crippen LogP contribution in [0, 0.1) is 24.4 Å². The lowest BCUT2D eigenvalue weighted by atomic mass is 10.1. The number of rotatable bonds is 2. The van der Waals surface area contributed by atoms with Crippen molar-refractivity contribution in [2.45, 2.75) is 6.92 Å². The molecule has 20 heavy (non-hydrogen) atoms. The van der Waals surface area contributed by atoms with Gasteiger partial charge in [-0.3, -0.25) is 4.79 Å². The SMILES string of the molecule is Cc1cccc(C(=O)Nc2ccc(F)c(F)c2F)c1Br. The minimum Gasteiger partial charge on any atom is -0.319 e. The number of anilines is 1. The summed E-state index contributed by atoms with van der Waals surface area (Å²) in [5, 5.41) is 2.21. The Morgan fingerprint density at radius 3 is 2.50 bits per heavy atom. The highest BCUT2D eigenvalue weighted by atomic mass is 79.9. The zero-order valence-electron chi connectivity index (χ0n) is 10.3. The molecule has 0 radical (unpaired) electrons. The molecule has 0 spiro atoms. The molecule has 0 aliphatic rings. The van der Waals surface area contributed by atoms with Gasteiger partial charge < -0.3 is 5.32 Å². The first kappa shape index (κ1) is 14.6. The van der Waals surface area contributed by atoms with Gasteiger partial charge in [-0.1, -0.05) is 12.1 Å². The van der Waals surface area contributed by atoms with Crippen LogP contribution in [0.1, 0.15) is 15.9 Å². The lowest BCUT2D eigenvalue weighted by molar-refractivity contribution is 0.102. The Kier molecular flexibility index (Phi) is 4.13. The molecule has 0 saturated heterocycles. The van der Waals surface area contributed by atoms with Gasteiger partial charge in [0.05, 0.1) is 11.3 Å². The van der Waals surface area contributed by atoms with Crippen LogP contribution in [0.25, 0.3) is 0 Å². The van der Waals surface area contributed by atoms with E-state index in [9.17, 15) is 18.0 Å². The number of nitrogens with one attached hydrogen (secondary N) is 1. The molecular weight excluding hydrogens is 335 g/mol. The first-order valence-electron chi connectivity index (χ1n) is 5.61. The molecule has 2 aromatic rings. The van der Waals surface area contributed by atoms with Crippen molar-refractivity contribution in [3.05, 3.63) is 63.4 Å². The van der Waals surface area contributed by atoms with Crippen LogP contribution in [0.2, 0.25) is 0 Å². The van der Waals surface area contributed by atoms with Gasteiger partial charge in [0.25, 0.3) is 5.91 Å². The van der Waals surface area contributed by atoms with E-state index in [1.54, 1.807) is 19.1 Å². The average Bonchev–Trinajstić information content (AvgIpc) is 2.42. The van der Waals surface area contributed by atoms with Crippen LogP contribution in [-0.4, -0.2) is 5.91 Å². The molecule has 0 aliphatic carbocycles. The Morgan fingerprint density at radius 2 is 1.80 bits per heavy atom. The van der Waals surface area contributed by atoms with Gasteiger partial charge >= 0.3 is 0 Å². The van der Waals surface area contributed by atoms with Gasteiger partial charge in [0.1, 0.15) is 0 Å². The lowest BCUT2D eigenvalue weighted by Crippen LogP contribution is -2.14. The van der Waals surface area contributed by atoms with Crippen molar-refractivity contribution in [2.24, 2.45) is 0 Å². The van der Waals surface area contributed by atoms with Crippen LogP contribution in [0.5, 0.6) is 0 Å². The molecule has 2 rings (SSSR count). The Hall–Kier alpha value is -1.82. The molecule has 0 heterocycles. The predicted octanol–water partition coefficient (Wildman–Crippen LogP) is 4.43. The van der Waals surface area contributed by atoms with Crippen LogP contribution >= 0.6 is 15.9 Å². The highest BCUT2D eigenvalue weighted by Gasteiger charge is 2.17. The second kappa shape index (κ2) is 5.66. The highest BCUT2D eigenvalue weighted by Crippen LogP contribution is 2.24. The molecule has 0 aliphatic heterocycles. The molecule has 0 unspecified atom stereocenters. The van der Waals surface area contributed by atoms with Crippen molar-refractivity contribution in [1.29, 1.82) is 0 Å². The van der Waals surface area contributed by atoms with Crippen molar-refractivity contribution in [1.82, 2.24) is 0 Å². The number of benzene rings is 2. The monoisotopic (exact) mass is 343 g/mol. The number of carbonyl (C=O) groups excluding carboxylic acids is 1. The van der Waals surface area contributed by atoms with Gasteiger partial charge in [-0.25, -0.2) is 13.2 Å². The first-order chi connectivity index (χ1) is 9.41. The topological polar surface area (TPSA) is 29.1 Å². The van der Waals surface area contributed by atoms with Gasteiger partial charge in [-0.15, -0.1) is 0 Å². The zero-order chi connectivity index (χ0) is 14.9. The van der Waals surface area contributed by atoms with E-state index in [2.05, 4.69) is 21.2 Å². The van der Waals surface area contributed by atoms with Gasteiger partial charge in [-0.05, 0) is 46.6 Å². The summed E-state index contributed by atoms with van der Waals surface area (Å²) in [6.45, 7) is 1.79. The summed E-state index contributed by atoms with van der Waals surface area (Å²) in [4.78, 5) is 12.0. The molecule has 0 aromatic heterocycles. The number of halogens is 4. The van der Waals surface area contributed by atoms with E-state index in [0.29, 0.717) is 4.47 Å². The fraction of sp³-hybridized carbons (Fsp3) is 0.0714. The first-order valence-corrected chi connectivity index (χ1v) is 6.41. The normalized spacial score (nSPS) is 10.4. The van der Waals surface area contributed by atoms with Crippen molar-refractivity contribution < 1.29 is 18.0 Å². The van der Waals surface area contributed by atoms with Gasteiger partial charge in [-0.2, -0.15) is 0 Å². The standard InChI is InChI=1S/C14H9BrF3NO/c1-7-3-2-4-8(11(7)15)14(20)19-10-6-5-9(16)12(17)13(10)18/h2-6H,1H3,(H,19,20). The Bertz CT molecular complexity index is 688. The van der Waals surface area contributed by atoms with Gasteiger partial charge in [0, 0.05) is 4.47 Å². The minimum absolute atomic E-state index is 0.272. The molecule has 1 amide bonds. The fourth-order valence-electron chi connectivity index (χ4n) is 1.63. The highest BCUT2D eigenvalue weighted by molar-refractivity contribution is 9.10. The predicted molar refractivity (Wildman–Crippen MR) is 73.1 cm³/mol. The lowest BCUT2D eigenvalue weighted by Gasteiger charge is -2.09. The van der Waals surface area contributed by atoms with Crippen molar-refractivity contribution in [3.63, 3.8) is 0 Å². The minimum atomic E-state index is -1.62. The number of carbonyl (C=O) groups is 1. The smallest absolute Gasteiger partial charge is 0.256 e. The van der Waals surface area contributed by atoms with Gasteiger partial charge in [0.15, 0.2) is 17.5 Å². The van der Waals surface area contributed by atoms with Crippen LogP contribution < -0.4 is 5.32 Å². The summed E-state index contributed by atoms with van der Waals surface area (Å²) in [6, 6.07) is 6.70. The summed E-state index contributed by atoms with van der Waals surface area (Å²) in [6.07, 6.45) is 0. The maximum Gasteiger partial charge on any atom is 0.256 e. The van der Waals surface area contributed by atoms with E-state index in [4.69, 9.17) is 0 Å². The average molecular weight is 344 g/mol. The fourth-order valence-corrected chi connectivity index (χ4v) is 2.08. The third-order valence-corrected chi connectivity index (χ3v) is 3.77. The van der Waals surface area contributed by atoms with Crippen LogP contribution in [0.4, 0.5) is 18.9 Å². The summed E-state index contributed by atoms with van der Waals surface area (Å²) in [5.74, 6) is -4.98. The second-order valence-electron chi connectivity index (χ2n) is 4.11. The van der Waals surface area contributed by atoms with E-state index >= 15 is 0 Å². The molecule has 1 N–H and O–H groups in total. The molecule has 6 heteroatoms. The van der Waals surface area contributed by atoms with Crippen LogP contribution in [0.15, 0.2) is 34.8 Å². The molecular formula is C14H9BrF3NO. The summed E-state index contributed by atoms with van der Waals surface area (Å²) < 4.78 is 39.9. The van der Waals surface area contributed by atoms with E-state index in [1.165, 1.54) is 6.07 Å². The van der Waals surface area contributed by atoms with Crippen molar-refractivity contribution in [3.8, 4) is 0 Å². The third-order valence-electron chi connectivity index (χ3n) is 2.72. The van der Waals surface area contributed by atoms with E-state index in [1.807, 2.05) is 0 Å². The Morgan fingerprint density at radius 1 is 1.10 bits per heavy atom. The number of hydrogen-bond acceptors (Lipinski definition) is 1. The molecule has 104 valence electrons. The Balaban J connectivity index is 2.33. The quantitative estimate of drug-likeness (QED) is 0.803. The number of amides is 1. The molecule has 0 bridgehead atoms. The largest absolute Gasteiger partial charge is 0.319 e. The molecule has 2 aromatic carbocycles. The van der Waals surface area contributed by atoms with Crippen LogP contribution in [0.3, 0.4) is 0 Å². The van der Waals surface area contributed by atoms with Crippen molar-refractivity contribution >= 4 is 27.5 Å². The zero-order valence-corrected chi connectivity index (χ0v) is 11.9. The third kappa shape index (κ3) is 2.70. The number of hydrogen-bond donors (Lipinski definition) is 1. The van der Waals surface area contributed by atoms with E-state index in [-0.39, 0.29) is 5.56 Å².